The van der Waals surface area contributed by atoms with Crippen LogP contribution in [0.3, 0.4) is 0 Å². The third-order valence-electron chi connectivity index (χ3n) is 2.79. The molecule has 100 valence electrons. The molecule has 0 aliphatic rings. The van der Waals surface area contributed by atoms with Gasteiger partial charge >= 0.3 is 0 Å². The number of benzene rings is 2. The fourth-order valence-electron chi connectivity index (χ4n) is 1.83. The normalized spacial score (nSPS) is 12.4. The van der Waals surface area contributed by atoms with Crippen molar-refractivity contribution < 1.29 is 9.50 Å². The van der Waals surface area contributed by atoms with E-state index in [0.717, 1.165) is 5.56 Å². The molecular weight excluding hydrogens is 265 g/mol. The summed E-state index contributed by atoms with van der Waals surface area (Å²) in [5.74, 6) is -0.341. The third-order valence-corrected chi connectivity index (χ3v) is 3.02. The SMILES string of the molecule is OC(CNCc1cccc(Cl)c1)c1cccc(F)c1. The van der Waals surface area contributed by atoms with Crippen LogP contribution in [-0.4, -0.2) is 11.7 Å². The zero-order chi connectivity index (χ0) is 13.7. The molecule has 0 radical (unpaired) electrons. The highest BCUT2D eigenvalue weighted by atomic mass is 35.5. The first kappa shape index (κ1) is 14.0. The average molecular weight is 280 g/mol. The molecule has 0 aromatic heterocycles. The quantitative estimate of drug-likeness (QED) is 0.880. The topological polar surface area (TPSA) is 32.3 Å². The zero-order valence-corrected chi connectivity index (χ0v) is 11.1. The van der Waals surface area contributed by atoms with E-state index in [1.807, 2.05) is 24.3 Å². The Morgan fingerprint density at radius 2 is 1.95 bits per heavy atom. The lowest BCUT2D eigenvalue weighted by atomic mass is 10.1. The molecule has 0 bridgehead atoms. The zero-order valence-electron chi connectivity index (χ0n) is 10.3. The van der Waals surface area contributed by atoms with Gasteiger partial charge in [0, 0.05) is 18.1 Å². The number of aliphatic hydroxyl groups excluding tert-OH is 1. The lowest BCUT2D eigenvalue weighted by Gasteiger charge is -2.12. The van der Waals surface area contributed by atoms with Crippen molar-refractivity contribution in [2.75, 3.05) is 6.54 Å². The largest absolute Gasteiger partial charge is 0.387 e. The molecule has 2 rings (SSSR count). The Hall–Kier alpha value is -1.42. The summed E-state index contributed by atoms with van der Waals surface area (Å²) in [7, 11) is 0. The monoisotopic (exact) mass is 279 g/mol. The van der Waals surface area contributed by atoms with Gasteiger partial charge in [0.15, 0.2) is 0 Å². The maximum absolute atomic E-state index is 13.0. The highest BCUT2D eigenvalue weighted by Crippen LogP contribution is 2.14. The molecule has 4 heteroatoms. The minimum absolute atomic E-state index is 0.341. The molecule has 2 nitrogen and oxygen atoms in total. The van der Waals surface area contributed by atoms with Crippen LogP contribution in [0.25, 0.3) is 0 Å². The number of hydrogen-bond acceptors (Lipinski definition) is 2. The summed E-state index contributed by atoms with van der Waals surface area (Å²) in [4.78, 5) is 0. The molecule has 1 unspecified atom stereocenters. The van der Waals surface area contributed by atoms with Gasteiger partial charge in [0.05, 0.1) is 6.10 Å². The van der Waals surface area contributed by atoms with Gasteiger partial charge in [-0.15, -0.1) is 0 Å². The van der Waals surface area contributed by atoms with E-state index in [9.17, 15) is 9.50 Å². The van der Waals surface area contributed by atoms with Gasteiger partial charge in [-0.2, -0.15) is 0 Å². The van der Waals surface area contributed by atoms with Gasteiger partial charge in [-0.1, -0.05) is 35.9 Å². The molecule has 0 aliphatic heterocycles. The summed E-state index contributed by atoms with van der Waals surface area (Å²) in [5, 5.41) is 13.7. The van der Waals surface area contributed by atoms with Crippen LogP contribution >= 0.6 is 11.6 Å². The van der Waals surface area contributed by atoms with E-state index in [0.29, 0.717) is 23.7 Å². The molecule has 0 spiro atoms. The van der Waals surface area contributed by atoms with Crippen molar-refractivity contribution in [1.82, 2.24) is 5.32 Å². The van der Waals surface area contributed by atoms with Crippen molar-refractivity contribution in [2.24, 2.45) is 0 Å². The lowest BCUT2D eigenvalue weighted by molar-refractivity contribution is 0.174. The van der Waals surface area contributed by atoms with Crippen molar-refractivity contribution >= 4 is 11.6 Å². The summed E-state index contributed by atoms with van der Waals surface area (Å²) in [6.45, 7) is 0.961. The van der Waals surface area contributed by atoms with Crippen LogP contribution in [0.2, 0.25) is 5.02 Å². The number of aliphatic hydroxyl groups is 1. The van der Waals surface area contributed by atoms with E-state index in [4.69, 9.17) is 11.6 Å². The molecule has 0 saturated heterocycles. The number of rotatable bonds is 5. The lowest BCUT2D eigenvalue weighted by Crippen LogP contribution is -2.21. The Morgan fingerprint density at radius 1 is 1.16 bits per heavy atom. The Kier molecular flexibility index (Phi) is 4.91. The van der Waals surface area contributed by atoms with Gasteiger partial charge in [-0.05, 0) is 35.4 Å². The Balaban J connectivity index is 1.85. The number of nitrogens with one attached hydrogen (secondary N) is 1. The maximum atomic E-state index is 13.0. The van der Waals surface area contributed by atoms with E-state index in [1.165, 1.54) is 12.1 Å². The van der Waals surface area contributed by atoms with Crippen LogP contribution < -0.4 is 5.32 Å². The molecule has 19 heavy (non-hydrogen) atoms. The smallest absolute Gasteiger partial charge is 0.123 e. The van der Waals surface area contributed by atoms with E-state index in [1.54, 1.807) is 12.1 Å². The molecule has 0 fully saturated rings. The molecule has 0 amide bonds. The van der Waals surface area contributed by atoms with Crippen LogP contribution in [0.5, 0.6) is 0 Å². The van der Waals surface area contributed by atoms with Gasteiger partial charge in [0.2, 0.25) is 0 Å². The Morgan fingerprint density at radius 3 is 2.68 bits per heavy atom. The van der Waals surface area contributed by atoms with Gasteiger partial charge < -0.3 is 10.4 Å². The molecular formula is C15H15ClFNO. The summed E-state index contributed by atoms with van der Waals surface area (Å²) in [5.41, 5.74) is 1.61. The van der Waals surface area contributed by atoms with Crippen molar-refractivity contribution in [3.63, 3.8) is 0 Å². The summed E-state index contributed by atoms with van der Waals surface area (Å²) in [6.07, 6.45) is -0.727. The highest BCUT2D eigenvalue weighted by Gasteiger charge is 2.07. The second-order valence-corrected chi connectivity index (χ2v) is 4.77. The van der Waals surface area contributed by atoms with E-state index >= 15 is 0 Å². The van der Waals surface area contributed by atoms with Crippen molar-refractivity contribution in [3.8, 4) is 0 Å². The summed E-state index contributed by atoms with van der Waals surface area (Å²) in [6, 6.07) is 13.5. The standard InChI is InChI=1S/C15H15ClFNO/c16-13-5-1-3-11(7-13)9-18-10-15(19)12-4-2-6-14(17)8-12/h1-8,15,18-19H,9-10H2. The van der Waals surface area contributed by atoms with Gasteiger partial charge in [-0.3, -0.25) is 0 Å². The first-order chi connectivity index (χ1) is 9.15. The Bertz CT molecular complexity index is 547. The van der Waals surface area contributed by atoms with E-state index in [2.05, 4.69) is 5.32 Å². The van der Waals surface area contributed by atoms with Crippen LogP contribution in [0, 0.1) is 5.82 Å². The molecule has 0 heterocycles. The van der Waals surface area contributed by atoms with Crippen molar-refractivity contribution in [3.05, 3.63) is 70.5 Å². The predicted molar refractivity (Wildman–Crippen MR) is 74.5 cm³/mol. The van der Waals surface area contributed by atoms with Crippen molar-refractivity contribution in [2.45, 2.75) is 12.6 Å². The van der Waals surface area contributed by atoms with Crippen LogP contribution in [0.4, 0.5) is 4.39 Å². The first-order valence-corrected chi connectivity index (χ1v) is 6.41. The average Bonchev–Trinajstić information content (AvgIpc) is 2.38. The van der Waals surface area contributed by atoms with Crippen LogP contribution in [0.1, 0.15) is 17.2 Å². The van der Waals surface area contributed by atoms with Gasteiger partial charge in [-0.25, -0.2) is 4.39 Å². The van der Waals surface area contributed by atoms with Gasteiger partial charge in [0.25, 0.3) is 0 Å². The third kappa shape index (κ3) is 4.31. The molecule has 2 aromatic carbocycles. The fourth-order valence-corrected chi connectivity index (χ4v) is 2.04. The fraction of sp³-hybridized carbons (Fsp3) is 0.200. The van der Waals surface area contributed by atoms with E-state index < -0.39 is 6.10 Å². The summed E-state index contributed by atoms with van der Waals surface area (Å²) >= 11 is 5.88. The number of hydrogen-bond donors (Lipinski definition) is 2. The highest BCUT2D eigenvalue weighted by molar-refractivity contribution is 6.30. The second kappa shape index (κ2) is 6.66. The predicted octanol–water partition coefficient (Wildman–Crippen LogP) is 3.30. The minimum Gasteiger partial charge on any atom is -0.387 e. The van der Waals surface area contributed by atoms with Crippen LogP contribution in [-0.2, 0) is 6.54 Å². The van der Waals surface area contributed by atoms with Gasteiger partial charge in [0.1, 0.15) is 5.82 Å². The Labute approximate surface area is 116 Å². The first-order valence-electron chi connectivity index (χ1n) is 6.04. The number of halogens is 2. The van der Waals surface area contributed by atoms with Crippen LogP contribution in [0.15, 0.2) is 48.5 Å². The van der Waals surface area contributed by atoms with Crippen molar-refractivity contribution in [1.29, 1.82) is 0 Å². The molecule has 0 saturated carbocycles. The minimum atomic E-state index is -0.727. The summed E-state index contributed by atoms with van der Waals surface area (Å²) < 4.78 is 13.0. The molecule has 1 atom stereocenters. The second-order valence-electron chi connectivity index (χ2n) is 4.33. The molecule has 2 aromatic rings. The maximum Gasteiger partial charge on any atom is 0.123 e. The van der Waals surface area contributed by atoms with E-state index in [-0.39, 0.29) is 5.82 Å². The molecule has 2 N–H and O–H groups in total. The molecule has 0 aliphatic carbocycles.